The van der Waals surface area contributed by atoms with Crippen molar-refractivity contribution in [2.45, 2.75) is 11.4 Å². The number of nitrogens with two attached hydrogens (primary N) is 1. The molecule has 0 atom stereocenters. The standard InChI is InChI=1S/C11H12N6O2S/c1-17(6-11-14-7-15-16-11)20(18,19)10-3-2-8(5-12)4-9(10)13/h2-4,7H,6,13H2,1H3,(H,14,15,16). The highest BCUT2D eigenvalue weighted by Crippen LogP contribution is 2.23. The monoisotopic (exact) mass is 292 g/mol. The summed E-state index contributed by atoms with van der Waals surface area (Å²) in [4.78, 5) is 3.82. The van der Waals surface area contributed by atoms with Gasteiger partial charge in [-0.3, -0.25) is 5.10 Å². The van der Waals surface area contributed by atoms with Gasteiger partial charge in [-0.25, -0.2) is 13.4 Å². The van der Waals surface area contributed by atoms with Crippen LogP contribution in [0.4, 0.5) is 5.69 Å². The normalized spacial score (nSPS) is 11.4. The molecule has 1 heterocycles. The number of sulfonamides is 1. The molecular weight excluding hydrogens is 280 g/mol. The number of hydrogen-bond acceptors (Lipinski definition) is 6. The van der Waals surface area contributed by atoms with E-state index in [1.165, 1.54) is 31.6 Å². The molecule has 2 rings (SSSR count). The zero-order valence-electron chi connectivity index (χ0n) is 10.6. The molecule has 1 aromatic heterocycles. The van der Waals surface area contributed by atoms with Gasteiger partial charge in [-0.15, -0.1) is 0 Å². The van der Waals surface area contributed by atoms with Crippen molar-refractivity contribution in [2.75, 3.05) is 12.8 Å². The lowest BCUT2D eigenvalue weighted by atomic mass is 10.2. The van der Waals surface area contributed by atoms with Crippen LogP contribution in [0.25, 0.3) is 0 Å². The fourth-order valence-electron chi connectivity index (χ4n) is 1.62. The fourth-order valence-corrected chi connectivity index (χ4v) is 2.85. The predicted molar refractivity (Wildman–Crippen MR) is 70.6 cm³/mol. The van der Waals surface area contributed by atoms with Gasteiger partial charge in [0.1, 0.15) is 17.0 Å². The lowest BCUT2D eigenvalue weighted by molar-refractivity contribution is 0.457. The number of benzene rings is 1. The fraction of sp³-hybridized carbons (Fsp3) is 0.182. The molecule has 0 unspecified atom stereocenters. The van der Waals surface area contributed by atoms with E-state index in [2.05, 4.69) is 15.2 Å². The Hall–Kier alpha value is -2.44. The second-order valence-electron chi connectivity index (χ2n) is 4.06. The minimum atomic E-state index is -3.76. The molecule has 0 saturated heterocycles. The first-order valence-corrected chi connectivity index (χ1v) is 6.99. The van der Waals surface area contributed by atoms with E-state index in [9.17, 15) is 8.42 Å². The van der Waals surface area contributed by atoms with Gasteiger partial charge in [0.2, 0.25) is 10.0 Å². The summed E-state index contributed by atoms with van der Waals surface area (Å²) in [7, 11) is -2.35. The van der Waals surface area contributed by atoms with Crippen LogP contribution in [-0.2, 0) is 16.6 Å². The van der Waals surface area contributed by atoms with Crippen LogP contribution in [0.3, 0.4) is 0 Å². The van der Waals surface area contributed by atoms with Gasteiger partial charge in [-0.1, -0.05) is 0 Å². The Labute approximate surface area is 115 Å². The van der Waals surface area contributed by atoms with Crippen molar-refractivity contribution < 1.29 is 8.42 Å². The first kappa shape index (κ1) is 14.0. The molecule has 0 radical (unpaired) electrons. The highest BCUT2D eigenvalue weighted by atomic mass is 32.2. The third-order valence-corrected chi connectivity index (χ3v) is 4.54. The minimum absolute atomic E-state index is 0.0356. The molecule has 0 amide bonds. The van der Waals surface area contributed by atoms with Crippen LogP contribution in [0.5, 0.6) is 0 Å². The number of H-pyrrole nitrogens is 1. The van der Waals surface area contributed by atoms with Gasteiger partial charge in [0, 0.05) is 7.05 Å². The van der Waals surface area contributed by atoms with Crippen molar-refractivity contribution >= 4 is 15.7 Å². The lowest BCUT2D eigenvalue weighted by Gasteiger charge is -2.17. The summed E-state index contributed by atoms with van der Waals surface area (Å²) in [5.41, 5.74) is 6.04. The van der Waals surface area contributed by atoms with E-state index >= 15 is 0 Å². The Bertz CT molecular complexity index is 748. The van der Waals surface area contributed by atoms with Crippen LogP contribution in [-0.4, -0.2) is 35.0 Å². The number of aromatic amines is 1. The van der Waals surface area contributed by atoms with E-state index in [4.69, 9.17) is 11.0 Å². The topological polar surface area (TPSA) is 129 Å². The van der Waals surface area contributed by atoms with Gasteiger partial charge >= 0.3 is 0 Å². The molecular formula is C11H12N6O2S. The Morgan fingerprint density at radius 3 is 2.80 bits per heavy atom. The third kappa shape index (κ3) is 2.61. The molecule has 3 N–H and O–H groups in total. The molecule has 8 nitrogen and oxygen atoms in total. The van der Waals surface area contributed by atoms with Gasteiger partial charge in [0.25, 0.3) is 0 Å². The second kappa shape index (κ2) is 5.28. The molecule has 1 aromatic carbocycles. The summed E-state index contributed by atoms with van der Waals surface area (Å²) in [6, 6.07) is 5.96. The highest BCUT2D eigenvalue weighted by Gasteiger charge is 2.24. The SMILES string of the molecule is CN(Cc1ncn[nH]1)S(=O)(=O)c1ccc(C#N)cc1N. The van der Waals surface area contributed by atoms with Crippen LogP contribution in [0.2, 0.25) is 0 Å². The quantitative estimate of drug-likeness (QED) is 0.768. The zero-order valence-corrected chi connectivity index (χ0v) is 11.4. The van der Waals surface area contributed by atoms with E-state index in [0.29, 0.717) is 11.4 Å². The third-order valence-electron chi connectivity index (χ3n) is 2.66. The maximum atomic E-state index is 12.4. The Kier molecular flexibility index (Phi) is 3.69. The molecule has 0 bridgehead atoms. The highest BCUT2D eigenvalue weighted by molar-refractivity contribution is 7.89. The summed E-state index contributed by atoms with van der Waals surface area (Å²) in [6.45, 7) is 0.0434. The van der Waals surface area contributed by atoms with E-state index in [1.54, 1.807) is 0 Å². The number of aromatic nitrogens is 3. The molecule has 0 aliphatic heterocycles. The Morgan fingerprint density at radius 2 is 2.25 bits per heavy atom. The number of hydrogen-bond donors (Lipinski definition) is 2. The number of nitrogen functional groups attached to an aromatic ring is 1. The van der Waals surface area contributed by atoms with Crippen LogP contribution in [0.15, 0.2) is 29.4 Å². The summed E-state index contributed by atoms with van der Waals surface area (Å²) in [5, 5.41) is 15.0. The Balaban J connectivity index is 2.33. The van der Waals surface area contributed by atoms with E-state index < -0.39 is 10.0 Å². The summed E-state index contributed by atoms with van der Waals surface area (Å²) in [6.07, 6.45) is 1.30. The van der Waals surface area contributed by atoms with Crippen LogP contribution >= 0.6 is 0 Å². The van der Waals surface area contributed by atoms with E-state index in [0.717, 1.165) is 4.31 Å². The molecule has 20 heavy (non-hydrogen) atoms. The summed E-state index contributed by atoms with van der Waals surface area (Å²) >= 11 is 0. The van der Waals surface area contributed by atoms with Gasteiger partial charge in [-0.2, -0.15) is 14.7 Å². The molecule has 0 spiro atoms. The number of rotatable bonds is 4. The van der Waals surface area contributed by atoms with E-state index in [1.807, 2.05) is 6.07 Å². The molecule has 104 valence electrons. The average Bonchev–Trinajstić information content (AvgIpc) is 2.91. The number of nitrogens with one attached hydrogen (secondary N) is 1. The van der Waals surface area contributed by atoms with Gasteiger partial charge in [0.15, 0.2) is 0 Å². The smallest absolute Gasteiger partial charge is 0.245 e. The van der Waals surface area contributed by atoms with E-state index in [-0.39, 0.29) is 17.1 Å². The van der Waals surface area contributed by atoms with Crippen molar-refractivity contribution in [1.29, 1.82) is 5.26 Å². The maximum absolute atomic E-state index is 12.4. The predicted octanol–water partition coefficient (Wildman–Crippen LogP) is 0.0793. The molecule has 2 aromatic rings. The molecule has 0 aliphatic carbocycles. The average molecular weight is 292 g/mol. The molecule has 0 aliphatic rings. The second-order valence-corrected chi connectivity index (χ2v) is 6.07. The van der Waals surface area contributed by atoms with Gasteiger partial charge < -0.3 is 5.73 Å². The minimum Gasteiger partial charge on any atom is -0.398 e. The number of nitriles is 1. The van der Waals surface area contributed by atoms with Crippen LogP contribution < -0.4 is 5.73 Å². The van der Waals surface area contributed by atoms with Crippen molar-refractivity contribution in [1.82, 2.24) is 19.5 Å². The van der Waals surface area contributed by atoms with Crippen LogP contribution in [0, 0.1) is 11.3 Å². The summed E-state index contributed by atoms with van der Waals surface area (Å²) in [5.74, 6) is 0.420. The Morgan fingerprint density at radius 1 is 1.50 bits per heavy atom. The van der Waals surface area contributed by atoms with Crippen molar-refractivity contribution in [3.8, 4) is 6.07 Å². The molecule has 9 heteroatoms. The van der Waals surface area contributed by atoms with Gasteiger partial charge in [-0.05, 0) is 18.2 Å². The number of anilines is 1. The summed E-state index contributed by atoms with van der Waals surface area (Å²) < 4.78 is 25.9. The molecule has 0 fully saturated rings. The zero-order chi connectivity index (χ0) is 14.8. The maximum Gasteiger partial charge on any atom is 0.245 e. The molecule has 0 saturated carbocycles. The van der Waals surface area contributed by atoms with Gasteiger partial charge in [0.05, 0.1) is 23.9 Å². The van der Waals surface area contributed by atoms with Crippen molar-refractivity contribution in [3.63, 3.8) is 0 Å². The first-order chi connectivity index (χ1) is 9.45. The number of nitrogens with zero attached hydrogens (tertiary/aromatic N) is 4. The lowest BCUT2D eigenvalue weighted by Crippen LogP contribution is -2.27. The van der Waals surface area contributed by atoms with Crippen molar-refractivity contribution in [3.05, 3.63) is 35.9 Å². The van der Waals surface area contributed by atoms with Crippen molar-refractivity contribution in [2.24, 2.45) is 0 Å². The first-order valence-electron chi connectivity index (χ1n) is 5.55. The van der Waals surface area contributed by atoms with Crippen LogP contribution in [0.1, 0.15) is 11.4 Å². The largest absolute Gasteiger partial charge is 0.398 e.